The van der Waals surface area contributed by atoms with Crippen molar-refractivity contribution in [1.29, 1.82) is 5.26 Å². The Hall–Kier alpha value is -2.13. The maximum absolute atomic E-state index is 12.3. The van der Waals surface area contributed by atoms with Crippen LogP contribution in [0.15, 0.2) is 12.4 Å². The molecule has 21 heavy (non-hydrogen) atoms. The number of nitrogens with zero attached hydrogens (tertiary/aromatic N) is 3. The van der Waals surface area contributed by atoms with Gasteiger partial charge in [0.2, 0.25) is 0 Å². The highest BCUT2D eigenvalue weighted by Crippen LogP contribution is 2.37. The topological polar surface area (TPSA) is 70.7 Å². The highest BCUT2D eigenvalue weighted by Gasteiger charge is 2.22. The quantitative estimate of drug-likeness (QED) is 0.947. The first kappa shape index (κ1) is 13.8. The van der Waals surface area contributed by atoms with Crippen LogP contribution in [0.2, 0.25) is 0 Å². The van der Waals surface area contributed by atoms with Gasteiger partial charge in [-0.1, -0.05) is 0 Å². The summed E-state index contributed by atoms with van der Waals surface area (Å²) in [5.41, 5.74) is 2.30. The van der Waals surface area contributed by atoms with Crippen molar-refractivity contribution in [3.05, 3.63) is 34.0 Å². The number of hydrogen-bond donors (Lipinski definition) is 1. The molecule has 0 fully saturated rings. The second kappa shape index (κ2) is 5.70. The molecule has 0 unspecified atom stereocenters. The van der Waals surface area contributed by atoms with Gasteiger partial charge in [-0.3, -0.25) is 9.48 Å². The molecule has 0 atom stereocenters. The van der Waals surface area contributed by atoms with E-state index in [4.69, 9.17) is 0 Å². The number of nitrogens with one attached hydrogen (secondary N) is 1. The Morgan fingerprint density at radius 3 is 3.05 bits per heavy atom. The molecule has 108 valence electrons. The number of amides is 1. The molecular weight excluding hydrogens is 284 g/mol. The van der Waals surface area contributed by atoms with Crippen LogP contribution in [0.3, 0.4) is 0 Å². The maximum Gasteiger partial charge on any atom is 0.259 e. The number of fused-ring (bicyclic) bond motifs is 1. The van der Waals surface area contributed by atoms with Gasteiger partial charge in [0.25, 0.3) is 5.91 Å². The number of carbonyl (C=O) groups excluding carboxylic acids is 1. The van der Waals surface area contributed by atoms with Gasteiger partial charge in [0.15, 0.2) is 0 Å². The van der Waals surface area contributed by atoms with Gasteiger partial charge in [0.1, 0.15) is 11.1 Å². The first-order chi connectivity index (χ1) is 10.2. The minimum Gasteiger partial charge on any atom is -0.312 e. The monoisotopic (exact) mass is 300 g/mol. The predicted octanol–water partition coefficient (Wildman–Crippen LogP) is 2.97. The standard InChI is InChI=1S/C15H16N4OS/c1-2-19-9-10(8-17-19)14(20)18-15-12(7-16)11-5-3-4-6-13(11)21-15/h8-9H,2-6H2,1H3,(H,18,20). The Morgan fingerprint density at radius 2 is 2.33 bits per heavy atom. The summed E-state index contributed by atoms with van der Waals surface area (Å²) in [6.45, 7) is 2.69. The summed E-state index contributed by atoms with van der Waals surface area (Å²) >= 11 is 1.54. The number of carbonyl (C=O) groups is 1. The molecule has 6 heteroatoms. The second-order valence-corrected chi connectivity index (χ2v) is 6.17. The molecule has 0 bridgehead atoms. The molecular formula is C15H16N4OS. The second-order valence-electron chi connectivity index (χ2n) is 5.07. The van der Waals surface area contributed by atoms with E-state index in [1.807, 2.05) is 6.92 Å². The van der Waals surface area contributed by atoms with Crippen LogP contribution in [0.25, 0.3) is 0 Å². The van der Waals surface area contributed by atoms with E-state index in [0.29, 0.717) is 16.1 Å². The van der Waals surface area contributed by atoms with Crippen molar-refractivity contribution >= 4 is 22.2 Å². The van der Waals surface area contributed by atoms with Gasteiger partial charge < -0.3 is 5.32 Å². The van der Waals surface area contributed by atoms with E-state index in [9.17, 15) is 10.1 Å². The number of aromatic nitrogens is 2. The van der Waals surface area contributed by atoms with E-state index in [1.165, 1.54) is 4.88 Å². The molecule has 1 aliphatic rings. The van der Waals surface area contributed by atoms with Crippen LogP contribution in [0, 0.1) is 11.3 Å². The lowest BCUT2D eigenvalue weighted by atomic mass is 9.96. The molecule has 3 rings (SSSR count). The zero-order valence-electron chi connectivity index (χ0n) is 11.8. The lowest BCUT2D eigenvalue weighted by Crippen LogP contribution is -2.11. The minimum absolute atomic E-state index is 0.204. The summed E-state index contributed by atoms with van der Waals surface area (Å²) < 4.78 is 1.71. The molecule has 1 aliphatic carbocycles. The maximum atomic E-state index is 12.3. The van der Waals surface area contributed by atoms with Crippen LogP contribution in [-0.4, -0.2) is 15.7 Å². The molecule has 5 nitrogen and oxygen atoms in total. The number of rotatable bonds is 3. The van der Waals surface area contributed by atoms with E-state index in [2.05, 4.69) is 16.5 Å². The van der Waals surface area contributed by atoms with Gasteiger partial charge in [0.05, 0.1) is 17.3 Å². The number of hydrogen-bond acceptors (Lipinski definition) is 4. The van der Waals surface area contributed by atoms with Crippen LogP contribution in [0.1, 0.15) is 46.1 Å². The summed E-state index contributed by atoms with van der Waals surface area (Å²) in [6.07, 6.45) is 7.51. The Bertz CT molecular complexity index is 723. The van der Waals surface area contributed by atoms with Crippen LogP contribution >= 0.6 is 11.3 Å². The largest absolute Gasteiger partial charge is 0.312 e. The highest BCUT2D eigenvalue weighted by atomic mass is 32.1. The molecule has 0 aliphatic heterocycles. The minimum atomic E-state index is -0.204. The van der Waals surface area contributed by atoms with E-state index in [0.717, 1.165) is 37.8 Å². The summed E-state index contributed by atoms with van der Waals surface area (Å²) in [5, 5.41) is 17.0. The Kier molecular flexibility index (Phi) is 3.76. The van der Waals surface area contributed by atoms with E-state index < -0.39 is 0 Å². The molecule has 0 radical (unpaired) electrons. The fraction of sp³-hybridized carbons (Fsp3) is 0.400. The molecule has 2 aromatic rings. The fourth-order valence-electron chi connectivity index (χ4n) is 2.60. The third kappa shape index (κ3) is 2.57. The average molecular weight is 300 g/mol. The highest BCUT2D eigenvalue weighted by molar-refractivity contribution is 7.16. The average Bonchev–Trinajstić information content (AvgIpc) is 3.11. The lowest BCUT2D eigenvalue weighted by Gasteiger charge is -2.09. The molecule has 0 spiro atoms. The molecule has 1 amide bonds. The van der Waals surface area contributed by atoms with Gasteiger partial charge in [-0.2, -0.15) is 10.4 Å². The smallest absolute Gasteiger partial charge is 0.259 e. The fourth-order valence-corrected chi connectivity index (χ4v) is 3.84. The van der Waals surface area contributed by atoms with Crippen LogP contribution in [-0.2, 0) is 19.4 Å². The Labute approximate surface area is 127 Å². The van der Waals surface area contributed by atoms with Crippen molar-refractivity contribution in [3.63, 3.8) is 0 Å². The molecule has 0 aromatic carbocycles. The van der Waals surface area contributed by atoms with E-state index >= 15 is 0 Å². The van der Waals surface area contributed by atoms with Crippen LogP contribution in [0.5, 0.6) is 0 Å². The summed E-state index contributed by atoms with van der Waals surface area (Å²) in [6, 6.07) is 2.25. The summed E-state index contributed by atoms with van der Waals surface area (Å²) in [4.78, 5) is 13.5. The third-order valence-electron chi connectivity index (χ3n) is 3.73. The summed E-state index contributed by atoms with van der Waals surface area (Å²) in [7, 11) is 0. The van der Waals surface area contributed by atoms with E-state index in [1.54, 1.807) is 28.4 Å². The molecule has 1 N–H and O–H groups in total. The predicted molar refractivity (Wildman–Crippen MR) is 81.5 cm³/mol. The zero-order chi connectivity index (χ0) is 14.8. The first-order valence-corrected chi connectivity index (χ1v) is 7.93. The van der Waals surface area contributed by atoms with Crippen LogP contribution in [0.4, 0.5) is 5.00 Å². The first-order valence-electron chi connectivity index (χ1n) is 7.11. The molecule has 2 aromatic heterocycles. The van der Waals surface area contributed by atoms with Crippen molar-refractivity contribution in [2.45, 2.75) is 39.2 Å². The van der Waals surface area contributed by atoms with Gasteiger partial charge in [-0.05, 0) is 38.2 Å². The van der Waals surface area contributed by atoms with Crippen molar-refractivity contribution in [2.75, 3.05) is 5.32 Å². The number of anilines is 1. The molecule has 2 heterocycles. The molecule has 0 saturated carbocycles. The SMILES string of the molecule is CCn1cc(C(=O)Nc2sc3c(c2C#N)CCCC3)cn1. The Morgan fingerprint density at radius 1 is 1.52 bits per heavy atom. The van der Waals surface area contributed by atoms with Crippen molar-refractivity contribution in [3.8, 4) is 6.07 Å². The van der Waals surface area contributed by atoms with E-state index in [-0.39, 0.29) is 5.91 Å². The van der Waals surface area contributed by atoms with Gasteiger partial charge in [0, 0.05) is 17.6 Å². The Balaban J connectivity index is 1.86. The lowest BCUT2D eigenvalue weighted by molar-refractivity contribution is 0.102. The summed E-state index contributed by atoms with van der Waals surface area (Å²) in [5.74, 6) is -0.204. The zero-order valence-corrected chi connectivity index (χ0v) is 12.7. The number of nitriles is 1. The van der Waals surface area contributed by atoms with Crippen molar-refractivity contribution in [1.82, 2.24) is 9.78 Å². The van der Waals surface area contributed by atoms with Gasteiger partial charge in [-0.25, -0.2) is 0 Å². The third-order valence-corrected chi connectivity index (χ3v) is 4.94. The van der Waals surface area contributed by atoms with Crippen molar-refractivity contribution in [2.24, 2.45) is 0 Å². The number of thiophene rings is 1. The van der Waals surface area contributed by atoms with Crippen LogP contribution < -0.4 is 5.32 Å². The van der Waals surface area contributed by atoms with Crippen molar-refractivity contribution < 1.29 is 4.79 Å². The normalized spacial score (nSPS) is 13.5. The van der Waals surface area contributed by atoms with Gasteiger partial charge >= 0.3 is 0 Å². The number of aryl methyl sites for hydroxylation is 2. The molecule has 0 saturated heterocycles. The van der Waals surface area contributed by atoms with Gasteiger partial charge in [-0.15, -0.1) is 11.3 Å².